The van der Waals surface area contributed by atoms with Gasteiger partial charge in [0, 0.05) is 12.7 Å². The van der Waals surface area contributed by atoms with Crippen molar-refractivity contribution < 1.29 is 41.1 Å². The number of rotatable bonds is 10. The largest absolute Gasteiger partial charge is 0.442 e. The number of hydrogen-bond acceptors (Lipinski definition) is 6. The number of methoxy groups -OCH3 is 1. The highest BCUT2D eigenvalue weighted by molar-refractivity contribution is 7.54. The molecule has 10 heteroatoms. The van der Waals surface area contributed by atoms with E-state index >= 15 is 0 Å². The minimum Gasteiger partial charge on any atom is -0.442 e. The second kappa shape index (κ2) is 10.9. The van der Waals surface area contributed by atoms with E-state index in [1.54, 1.807) is 44.2 Å². The van der Waals surface area contributed by atoms with E-state index in [9.17, 15) is 22.5 Å². The monoisotopic (exact) mass is 460 g/mol. The number of benzene rings is 2. The number of alkyl halides is 3. The molecule has 31 heavy (non-hydrogen) atoms. The highest BCUT2D eigenvalue weighted by Crippen LogP contribution is 2.62. The first-order valence-electron chi connectivity index (χ1n) is 9.50. The zero-order valence-corrected chi connectivity index (χ0v) is 18.2. The Hall–Kier alpha value is -2.19. The fraction of sp³-hybridized carbons (Fsp3) is 0.381. The predicted octanol–water partition coefficient (Wildman–Crippen LogP) is 5.90. The summed E-state index contributed by atoms with van der Waals surface area (Å²) in [6, 6.07) is 12.4. The molecule has 0 spiro atoms. The summed E-state index contributed by atoms with van der Waals surface area (Å²) in [5.74, 6) is -2.67. The quantitative estimate of drug-likeness (QED) is 0.325. The van der Waals surface area contributed by atoms with E-state index in [-0.39, 0.29) is 18.8 Å². The van der Waals surface area contributed by atoms with Crippen LogP contribution in [0.25, 0.3) is 0 Å². The van der Waals surface area contributed by atoms with Crippen molar-refractivity contribution in [2.24, 2.45) is 0 Å². The number of esters is 1. The van der Waals surface area contributed by atoms with Crippen LogP contribution in [0.15, 0.2) is 54.6 Å². The van der Waals surface area contributed by atoms with Crippen molar-refractivity contribution in [3.63, 3.8) is 0 Å². The molecule has 0 aliphatic rings. The molecule has 0 N–H and O–H groups in total. The molecule has 0 fully saturated rings. The van der Waals surface area contributed by atoms with Crippen molar-refractivity contribution in [2.75, 3.05) is 20.3 Å². The van der Waals surface area contributed by atoms with Crippen molar-refractivity contribution in [3.05, 3.63) is 71.3 Å². The van der Waals surface area contributed by atoms with Gasteiger partial charge >= 0.3 is 19.7 Å². The average molecular weight is 460 g/mol. The SMILES string of the molecule is CCOP(=O)(OCC)[C@@H](OC(=O)[C@@H](OC)c1ccccc1)c1cccc(C(F)(F)F)c1. The van der Waals surface area contributed by atoms with Crippen LogP contribution >= 0.6 is 7.60 Å². The topological polar surface area (TPSA) is 71.1 Å². The molecule has 6 nitrogen and oxygen atoms in total. The van der Waals surface area contributed by atoms with Gasteiger partial charge in [-0.1, -0.05) is 42.5 Å². The zero-order valence-electron chi connectivity index (χ0n) is 17.3. The third kappa shape index (κ3) is 6.40. The summed E-state index contributed by atoms with van der Waals surface area (Å²) in [5, 5.41) is 0. The summed E-state index contributed by atoms with van der Waals surface area (Å²) in [6.45, 7) is 2.94. The molecule has 2 aromatic carbocycles. The van der Waals surface area contributed by atoms with Gasteiger partial charge in [0.15, 0.2) is 6.10 Å². The maximum absolute atomic E-state index is 13.4. The van der Waals surface area contributed by atoms with E-state index in [0.717, 1.165) is 18.2 Å². The van der Waals surface area contributed by atoms with Crippen LogP contribution in [-0.4, -0.2) is 26.3 Å². The fourth-order valence-corrected chi connectivity index (χ4v) is 4.71. The summed E-state index contributed by atoms with van der Waals surface area (Å²) < 4.78 is 74.3. The second-order valence-corrected chi connectivity index (χ2v) is 8.38. The second-order valence-electron chi connectivity index (χ2n) is 6.31. The molecule has 0 radical (unpaired) electrons. The van der Waals surface area contributed by atoms with Gasteiger partial charge in [-0.15, -0.1) is 0 Å². The Morgan fingerprint density at radius 2 is 1.55 bits per heavy atom. The smallest absolute Gasteiger partial charge is 0.416 e. The number of hydrogen-bond donors (Lipinski definition) is 0. The Morgan fingerprint density at radius 3 is 2.06 bits per heavy atom. The summed E-state index contributed by atoms with van der Waals surface area (Å²) in [7, 11) is -2.90. The minimum atomic E-state index is -4.65. The van der Waals surface area contributed by atoms with Gasteiger partial charge in [0.2, 0.25) is 5.85 Å². The number of carbonyl (C=O) groups excluding carboxylic acids is 1. The lowest BCUT2D eigenvalue weighted by molar-refractivity contribution is -0.159. The molecule has 0 saturated heterocycles. The minimum absolute atomic E-state index is 0.0727. The zero-order chi connectivity index (χ0) is 23.1. The molecule has 2 atom stereocenters. The lowest BCUT2D eigenvalue weighted by Crippen LogP contribution is -2.22. The van der Waals surface area contributed by atoms with Crippen molar-refractivity contribution in [1.29, 1.82) is 0 Å². The first kappa shape index (κ1) is 25.1. The third-order valence-corrected chi connectivity index (χ3v) is 6.40. The molecule has 2 aromatic rings. The number of halogens is 3. The molecule has 0 bridgehead atoms. The van der Waals surface area contributed by atoms with Gasteiger partial charge in [-0.2, -0.15) is 13.2 Å². The Bertz CT molecular complexity index is 893. The van der Waals surface area contributed by atoms with Gasteiger partial charge in [-0.25, -0.2) is 4.79 Å². The maximum atomic E-state index is 13.4. The van der Waals surface area contributed by atoms with Gasteiger partial charge in [0.25, 0.3) is 0 Å². The molecule has 0 aliphatic carbocycles. The molecule has 0 amide bonds. The van der Waals surface area contributed by atoms with E-state index in [1.807, 2.05) is 0 Å². The van der Waals surface area contributed by atoms with E-state index in [1.165, 1.54) is 13.2 Å². The summed E-state index contributed by atoms with van der Waals surface area (Å²) in [4.78, 5) is 12.9. The highest BCUT2D eigenvalue weighted by atomic mass is 31.2. The van der Waals surface area contributed by atoms with Crippen LogP contribution in [0.1, 0.15) is 42.5 Å². The van der Waals surface area contributed by atoms with Crippen LogP contribution < -0.4 is 0 Å². The molecule has 0 aromatic heterocycles. The van der Waals surface area contributed by atoms with Gasteiger partial charge < -0.3 is 18.5 Å². The summed E-state index contributed by atoms with van der Waals surface area (Å²) >= 11 is 0. The van der Waals surface area contributed by atoms with Crippen molar-refractivity contribution >= 4 is 13.6 Å². The normalized spacial score (nSPS) is 14.1. The molecule has 0 aliphatic heterocycles. The number of carbonyl (C=O) groups is 1. The first-order valence-corrected chi connectivity index (χ1v) is 11.1. The molecular weight excluding hydrogens is 436 g/mol. The van der Waals surface area contributed by atoms with Gasteiger partial charge in [-0.3, -0.25) is 4.57 Å². The predicted molar refractivity (Wildman–Crippen MR) is 107 cm³/mol. The fourth-order valence-electron chi connectivity index (χ4n) is 2.88. The van der Waals surface area contributed by atoms with E-state index in [0.29, 0.717) is 5.56 Å². The summed E-state index contributed by atoms with van der Waals surface area (Å²) in [6.07, 6.45) is -5.84. The van der Waals surface area contributed by atoms with Crippen molar-refractivity contribution in [1.82, 2.24) is 0 Å². The number of ether oxygens (including phenoxy) is 2. The van der Waals surface area contributed by atoms with E-state index in [2.05, 4.69) is 0 Å². The standard InChI is InChI=1S/C21H24F3O6P/c1-4-28-31(26,29-5-2)20(16-12-9-13-17(14-16)21(22,23)24)30-19(25)18(27-3)15-10-7-6-8-11-15/h6-14,18,20H,4-5H2,1-3H3/t18-,20+/m0/s1. The van der Waals surface area contributed by atoms with Gasteiger partial charge in [0.1, 0.15) is 0 Å². The van der Waals surface area contributed by atoms with Crippen LogP contribution in [0.2, 0.25) is 0 Å². The Morgan fingerprint density at radius 1 is 0.968 bits per heavy atom. The molecule has 2 rings (SSSR count). The Labute approximate surface area is 178 Å². The van der Waals surface area contributed by atoms with Crippen LogP contribution in [-0.2, 0) is 34.1 Å². The van der Waals surface area contributed by atoms with E-state index < -0.39 is 37.3 Å². The highest BCUT2D eigenvalue weighted by Gasteiger charge is 2.43. The van der Waals surface area contributed by atoms with Crippen LogP contribution in [0, 0.1) is 0 Å². The van der Waals surface area contributed by atoms with Crippen LogP contribution in [0.5, 0.6) is 0 Å². The maximum Gasteiger partial charge on any atom is 0.416 e. The molecule has 0 unspecified atom stereocenters. The molecule has 0 heterocycles. The molecule has 0 saturated carbocycles. The van der Waals surface area contributed by atoms with Gasteiger partial charge in [0.05, 0.1) is 18.8 Å². The molecular formula is C21H24F3O6P. The lowest BCUT2D eigenvalue weighted by atomic mass is 10.1. The van der Waals surface area contributed by atoms with Crippen LogP contribution in [0.4, 0.5) is 13.2 Å². The van der Waals surface area contributed by atoms with Gasteiger partial charge in [-0.05, 0) is 31.5 Å². The van der Waals surface area contributed by atoms with E-state index in [4.69, 9.17) is 18.5 Å². The summed E-state index contributed by atoms with van der Waals surface area (Å²) in [5.41, 5.74) is -0.700. The first-order chi connectivity index (χ1) is 14.7. The van der Waals surface area contributed by atoms with Crippen LogP contribution in [0.3, 0.4) is 0 Å². The Balaban J connectivity index is 2.50. The van der Waals surface area contributed by atoms with Crippen molar-refractivity contribution in [3.8, 4) is 0 Å². The van der Waals surface area contributed by atoms with Crippen molar-refractivity contribution in [2.45, 2.75) is 32.0 Å². The lowest BCUT2D eigenvalue weighted by Gasteiger charge is -2.28. The molecule has 170 valence electrons. The third-order valence-electron chi connectivity index (χ3n) is 4.18. The Kier molecular flexibility index (Phi) is 8.82. The average Bonchev–Trinajstić information content (AvgIpc) is 2.73.